The average molecular weight is 384 g/mol. The third-order valence-corrected chi connectivity index (χ3v) is 5.03. The first kappa shape index (κ1) is 20.2. The largest absolute Gasteiger partial charge is 0.453 e. The van der Waals surface area contributed by atoms with Crippen LogP contribution in [0, 0.1) is 12.8 Å². The van der Waals surface area contributed by atoms with Crippen molar-refractivity contribution < 1.29 is 14.3 Å². The van der Waals surface area contributed by atoms with E-state index in [9.17, 15) is 9.59 Å². The third kappa shape index (κ3) is 5.20. The topological polar surface area (TPSA) is 110 Å². The van der Waals surface area contributed by atoms with Crippen LogP contribution in [0.15, 0.2) is 0 Å². The van der Waals surface area contributed by atoms with Gasteiger partial charge in [-0.05, 0) is 45.4 Å². The van der Waals surface area contributed by atoms with Crippen molar-refractivity contribution in [1.82, 2.24) is 20.2 Å². The number of aromatic nitrogens is 2. The number of likely N-dealkylation sites (tertiary alicyclic amines) is 1. The van der Waals surface area contributed by atoms with Gasteiger partial charge in [-0.1, -0.05) is 11.6 Å². The predicted octanol–water partition coefficient (Wildman–Crippen LogP) is 1.94. The summed E-state index contributed by atoms with van der Waals surface area (Å²) in [5, 5.41) is 2.93. The molecule has 1 aromatic heterocycles. The highest BCUT2D eigenvalue weighted by Crippen LogP contribution is 2.26. The number of ether oxygens (including phenoxy) is 1. The maximum absolute atomic E-state index is 12.4. The first-order valence-electron chi connectivity index (χ1n) is 8.73. The van der Waals surface area contributed by atoms with E-state index in [1.54, 1.807) is 18.7 Å². The van der Waals surface area contributed by atoms with Gasteiger partial charge in [0.2, 0.25) is 5.91 Å². The van der Waals surface area contributed by atoms with E-state index in [0.717, 1.165) is 31.2 Å². The van der Waals surface area contributed by atoms with Gasteiger partial charge in [0.15, 0.2) is 0 Å². The minimum atomic E-state index is -0.601. The molecular formula is C17H26ClN5O3. The molecule has 144 valence electrons. The summed E-state index contributed by atoms with van der Waals surface area (Å²) in [6, 6.07) is -0.595. The van der Waals surface area contributed by atoms with Gasteiger partial charge in [0.25, 0.3) is 0 Å². The van der Waals surface area contributed by atoms with Gasteiger partial charge in [-0.15, -0.1) is 0 Å². The lowest BCUT2D eigenvalue weighted by Gasteiger charge is -2.33. The van der Waals surface area contributed by atoms with Crippen LogP contribution in [0.25, 0.3) is 0 Å². The Kier molecular flexibility index (Phi) is 7.02. The van der Waals surface area contributed by atoms with Gasteiger partial charge in [0.05, 0.1) is 7.11 Å². The van der Waals surface area contributed by atoms with Crippen molar-refractivity contribution in [2.75, 3.05) is 25.9 Å². The fraction of sp³-hybridized carbons (Fsp3) is 0.647. The maximum atomic E-state index is 12.4. The number of aryl methyl sites for hydroxylation is 1. The molecule has 3 N–H and O–H groups in total. The number of carbonyl (C=O) groups is 2. The molecule has 26 heavy (non-hydrogen) atoms. The van der Waals surface area contributed by atoms with Crippen LogP contribution in [-0.4, -0.2) is 53.1 Å². The Morgan fingerprint density at radius 1 is 1.38 bits per heavy atom. The van der Waals surface area contributed by atoms with E-state index < -0.39 is 12.1 Å². The Morgan fingerprint density at radius 3 is 2.62 bits per heavy atom. The number of nitrogens with one attached hydrogen (secondary N) is 1. The Morgan fingerprint density at radius 2 is 2.04 bits per heavy atom. The number of hydrogen-bond acceptors (Lipinski definition) is 6. The molecule has 1 atom stereocenters. The Hall–Kier alpha value is -2.09. The molecule has 2 heterocycles. The maximum Gasteiger partial charge on any atom is 0.407 e. The first-order chi connectivity index (χ1) is 12.3. The summed E-state index contributed by atoms with van der Waals surface area (Å²) in [6.45, 7) is 4.76. The molecule has 1 aliphatic rings. The quantitative estimate of drug-likeness (QED) is 0.751. The lowest BCUT2D eigenvalue weighted by Crippen LogP contribution is -2.49. The third-order valence-electron chi connectivity index (χ3n) is 4.72. The SMILES string of the molecule is COC(=O)NC(C)C(=O)N1CCC(CCc2c(N)nc(C)nc2Cl)CC1. The predicted molar refractivity (Wildman–Crippen MR) is 98.8 cm³/mol. The first-order valence-corrected chi connectivity index (χ1v) is 9.11. The van der Waals surface area contributed by atoms with Gasteiger partial charge in [0.1, 0.15) is 22.8 Å². The normalized spacial score (nSPS) is 16.2. The van der Waals surface area contributed by atoms with E-state index in [1.165, 1.54) is 7.11 Å². The minimum absolute atomic E-state index is 0.0897. The van der Waals surface area contributed by atoms with Crippen LogP contribution in [-0.2, 0) is 16.0 Å². The summed E-state index contributed by atoms with van der Waals surface area (Å²) in [5.41, 5.74) is 6.75. The highest BCUT2D eigenvalue weighted by Gasteiger charge is 2.27. The number of anilines is 1. The van der Waals surface area contributed by atoms with Crippen LogP contribution in [0.2, 0.25) is 5.15 Å². The van der Waals surface area contributed by atoms with Gasteiger partial charge in [-0.3, -0.25) is 4.79 Å². The summed E-state index contributed by atoms with van der Waals surface area (Å²) in [4.78, 5) is 33.7. The summed E-state index contributed by atoms with van der Waals surface area (Å²) < 4.78 is 4.52. The minimum Gasteiger partial charge on any atom is -0.453 e. The zero-order valence-electron chi connectivity index (χ0n) is 15.4. The smallest absolute Gasteiger partial charge is 0.407 e. The number of amides is 2. The van der Waals surface area contributed by atoms with Crippen molar-refractivity contribution in [3.05, 3.63) is 16.5 Å². The molecule has 8 nitrogen and oxygen atoms in total. The van der Waals surface area contributed by atoms with E-state index in [0.29, 0.717) is 35.8 Å². The Labute approximate surface area is 158 Å². The summed E-state index contributed by atoms with van der Waals surface area (Å²) in [7, 11) is 1.27. The van der Waals surface area contributed by atoms with E-state index >= 15 is 0 Å². The molecule has 1 saturated heterocycles. The molecule has 1 fully saturated rings. The average Bonchev–Trinajstić information content (AvgIpc) is 2.60. The van der Waals surface area contributed by atoms with Crippen LogP contribution in [0.3, 0.4) is 0 Å². The molecule has 0 spiro atoms. The van der Waals surface area contributed by atoms with E-state index in [1.807, 2.05) is 0 Å². The summed E-state index contributed by atoms with van der Waals surface area (Å²) in [6.07, 6.45) is 2.86. The number of piperidine rings is 1. The number of hydrogen-bond donors (Lipinski definition) is 2. The van der Waals surface area contributed by atoms with Crippen LogP contribution in [0.1, 0.15) is 37.6 Å². The number of nitrogens with zero attached hydrogens (tertiary/aromatic N) is 3. The molecular weight excluding hydrogens is 358 g/mol. The van der Waals surface area contributed by atoms with E-state index in [2.05, 4.69) is 20.0 Å². The molecule has 0 radical (unpaired) electrons. The van der Waals surface area contributed by atoms with Gasteiger partial charge >= 0.3 is 6.09 Å². The van der Waals surface area contributed by atoms with Crippen molar-refractivity contribution in [2.24, 2.45) is 5.92 Å². The van der Waals surface area contributed by atoms with Gasteiger partial charge in [-0.2, -0.15) is 0 Å². The number of methoxy groups -OCH3 is 1. The highest BCUT2D eigenvalue weighted by atomic mass is 35.5. The number of carbonyl (C=O) groups excluding carboxylic acids is 2. The van der Waals surface area contributed by atoms with Crippen molar-refractivity contribution >= 4 is 29.4 Å². The zero-order chi connectivity index (χ0) is 19.3. The lowest BCUT2D eigenvalue weighted by molar-refractivity contribution is -0.134. The fourth-order valence-electron chi connectivity index (χ4n) is 3.18. The Balaban J connectivity index is 1.82. The molecule has 0 aliphatic carbocycles. The monoisotopic (exact) mass is 383 g/mol. The molecule has 9 heteroatoms. The van der Waals surface area contributed by atoms with Crippen molar-refractivity contribution in [2.45, 2.75) is 45.6 Å². The molecule has 0 saturated carbocycles. The Bertz CT molecular complexity index is 639. The second-order valence-corrected chi connectivity index (χ2v) is 6.95. The number of halogens is 1. The molecule has 0 bridgehead atoms. The standard InChI is InChI=1S/C17H26ClN5O3/c1-10(20-17(25)26-3)16(24)23-8-6-12(7-9-23)4-5-13-14(18)21-11(2)22-15(13)19/h10,12H,4-9H2,1-3H3,(H,20,25)(H2,19,21,22). The highest BCUT2D eigenvalue weighted by molar-refractivity contribution is 6.30. The van der Waals surface area contributed by atoms with E-state index in [4.69, 9.17) is 17.3 Å². The molecule has 1 unspecified atom stereocenters. The van der Waals surface area contributed by atoms with Crippen LogP contribution in [0.4, 0.5) is 10.6 Å². The zero-order valence-corrected chi connectivity index (χ0v) is 16.2. The number of nitrogen functional groups attached to an aromatic ring is 1. The van der Waals surface area contributed by atoms with Gasteiger partial charge in [0, 0.05) is 18.7 Å². The molecule has 2 rings (SSSR count). The number of rotatable bonds is 5. The van der Waals surface area contributed by atoms with Crippen LogP contribution >= 0.6 is 11.6 Å². The van der Waals surface area contributed by atoms with Gasteiger partial charge in [-0.25, -0.2) is 14.8 Å². The van der Waals surface area contributed by atoms with Crippen molar-refractivity contribution in [1.29, 1.82) is 0 Å². The second-order valence-electron chi connectivity index (χ2n) is 6.59. The van der Waals surface area contributed by atoms with Gasteiger partial charge < -0.3 is 20.7 Å². The summed E-state index contributed by atoms with van der Waals surface area (Å²) >= 11 is 6.18. The van der Waals surface area contributed by atoms with Crippen molar-refractivity contribution in [3.63, 3.8) is 0 Å². The van der Waals surface area contributed by atoms with Crippen LogP contribution < -0.4 is 11.1 Å². The summed E-state index contributed by atoms with van der Waals surface area (Å²) in [5.74, 6) is 1.41. The molecule has 0 aromatic carbocycles. The van der Waals surface area contributed by atoms with E-state index in [-0.39, 0.29) is 5.91 Å². The number of alkyl carbamates (subject to hydrolysis) is 1. The van der Waals surface area contributed by atoms with Crippen molar-refractivity contribution in [3.8, 4) is 0 Å². The van der Waals surface area contributed by atoms with Crippen LogP contribution in [0.5, 0.6) is 0 Å². The number of nitrogens with two attached hydrogens (primary N) is 1. The molecule has 2 amide bonds. The molecule has 1 aromatic rings. The fourth-order valence-corrected chi connectivity index (χ4v) is 3.49. The lowest BCUT2D eigenvalue weighted by atomic mass is 9.90. The molecule has 1 aliphatic heterocycles. The second kappa shape index (κ2) is 9.02.